The van der Waals surface area contributed by atoms with E-state index >= 15 is 0 Å². The molecule has 1 saturated heterocycles. The van der Waals surface area contributed by atoms with Crippen LogP contribution in [-0.2, 0) is 14.3 Å². The van der Waals surface area contributed by atoms with Gasteiger partial charge in [-0.05, 0) is 19.8 Å². The molecular weight excluding hydrogens is 208 g/mol. The Balaban J connectivity index is 2.39. The molecule has 1 rings (SSSR count). The molecule has 2 atom stereocenters. The van der Waals surface area contributed by atoms with Crippen LogP contribution in [0.1, 0.15) is 26.7 Å². The number of rotatable bonds is 5. The molecule has 0 aliphatic carbocycles. The number of hydrogen-bond acceptors (Lipinski definition) is 5. The van der Waals surface area contributed by atoms with E-state index in [1.165, 1.54) is 6.92 Å². The third kappa shape index (κ3) is 4.18. The van der Waals surface area contributed by atoms with Crippen molar-refractivity contribution < 1.29 is 14.3 Å². The number of esters is 1. The van der Waals surface area contributed by atoms with Crippen LogP contribution in [0.4, 0.5) is 0 Å². The molecule has 1 unspecified atom stereocenters. The minimum atomic E-state index is -0.284. The molecule has 16 heavy (non-hydrogen) atoms. The van der Waals surface area contributed by atoms with Crippen molar-refractivity contribution in [1.82, 2.24) is 5.01 Å². The Kier molecular flexibility index (Phi) is 5.25. The fourth-order valence-corrected chi connectivity index (χ4v) is 1.81. The molecule has 1 heterocycles. The second-order valence-corrected chi connectivity index (χ2v) is 3.99. The summed E-state index contributed by atoms with van der Waals surface area (Å²) in [5.41, 5.74) is 0. The standard InChI is InChI=1S/C11H20N2O3/c1-9(16-10(2)14)7-12-13-6-4-5-11(13)8-15-3/h7,9,11H,4-6,8H2,1-3H3/b12-7+/t9?,11-/m0/s1. The molecule has 0 aromatic carbocycles. The number of hydrazone groups is 1. The Morgan fingerprint density at radius 3 is 3.06 bits per heavy atom. The van der Waals surface area contributed by atoms with E-state index in [1.807, 2.05) is 5.01 Å². The summed E-state index contributed by atoms with van der Waals surface area (Å²) in [6, 6.07) is 0.353. The second kappa shape index (κ2) is 6.48. The van der Waals surface area contributed by atoms with E-state index in [4.69, 9.17) is 9.47 Å². The van der Waals surface area contributed by atoms with Crippen LogP contribution in [0, 0.1) is 0 Å². The average Bonchev–Trinajstić information content (AvgIpc) is 2.62. The van der Waals surface area contributed by atoms with Crippen LogP contribution in [0.15, 0.2) is 5.10 Å². The third-order valence-corrected chi connectivity index (χ3v) is 2.48. The first-order valence-electron chi connectivity index (χ1n) is 5.60. The first-order chi connectivity index (χ1) is 7.63. The van der Waals surface area contributed by atoms with Gasteiger partial charge < -0.3 is 9.47 Å². The van der Waals surface area contributed by atoms with E-state index < -0.39 is 0 Å². The Hall–Kier alpha value is -1.10. The van der Waals surface area contributed by atoms with Crippen LogP contribution in [0.5, 0.6) is 0 Å². The number of carbonyl (C=O) groups excluding carboxylic acids is 1. The summed E-state index contributed by atoms with van der Waals surface area (Å²) in [4.78, 5) is 10.7. The smallest absolute Gasteiger partial charge is 0.303 e. The molecule has 0 bridgehead atoms. The number of ether oxygens (including phenoxy) is 2. The van der Waals surface area contributed by atoms with Gasteiger partial charge in [0.1, 0.15) is 6.10 Å². The van der Waals surface area contributed by atoms with Gasteiger partial charge in [0.2, 0.25) is 0 Å². The van der Waals surface area contributed by atoms with E-state index in [0.29, 0.717) is 12.6 Å². The summed E-state index contributed by atoms with van der Waals surface area (Å²) in [6.45, 7) is 4.83. The predicted molar refractivity (Wildman–Crippen MR) is 61.3 cm³/mol. The van der Waals surface area contributed by atoms with Crippen molar-refractivity contribution in [3.05, 3.63) is 0 Å². The topological polar surface area (TPSA) is 51.1 Å². The summed E-state index contributed by atoms with van der Waals surface area (Å²) < 4.78 is 10.1. The molecule has 92 valence electrons. The molecule has 0 aromatic rings. The monoisotopic (exact) mass is 228 g/mol. The van der Waals surface area contributed by atoms with Crippen molar-refractivity contribution in [3.8, 4) is 0 Å². The lowest BCUT2D eigenvalue weighted by atomic mass is 10.2. The highest BCUT2D eigenvalue weighted by atomic mass is 16.5. The Bertz CT molecular complexity index is 256. The van der Waals surface area contributed by atoms with Crippen LogP contribution < -0.4 is 0 Å². The maximum atomic E-state index is 10.7. The fraction of sp³-hybridized carbons (Fsp3) is 0.818. The zero-order chi connectivity index (χ0) is 12.0. The summed E-state index contributed by atoms with van der Waals surface area (Å²) in [5.74, 6) is -0.284. The molecule has 1 aliphatic rings. The van der Waals surface area contributed by atoms with Crippen LogP contribution in [0.3, 0.4) is 0 Å². The number of carbonyl (C=O) groups is 1. The SMILES string of the molecule is COC[C@@H]1CCCN1/N=C/C(C)OC(C)=O. The molecule has 0 amide bonds. The molecule has 0 saturated carbocycles. The first kappa shape index (κ1) is 13.0. The normalized spacial score (nSPS) is 22.7. The van der Waals surface area contributed by atoms with Crippen molar-refractivity contribution in [1.29, 1.82) is 0 Å². The third-order valence-electron chi connectivity index (χ3n) is 2.48. The lowest BCUT2D eigenvalue weighted by molar-refractivity contribution is -0.142. The Labute approximate surface area is 96.4 Å². The highest BCUT2D eigenvalue weighted by Gasteiger charge is 2.22. The van der Waals surface area contributed by atoms with Crippen LogP contribution in [0.2, 0.25) is 0 Å². The van der Waals surface area contributed by atoms with Gasteiger partial charge >= 0.3 is 5.97 Å². The van der Waals surface area contributed by atoms with Gasteiger partial charge in [-0.3, -0.25) is 9.80 Å². The van der Waals surface area contributed by atoms with Crippen molar-refractivity contribution in [2.45, 2.75) is 38.8 Å². The van der Waals surface area contributed by atoms with Gasteiger partial charge in [0, 0.05) is 20.6 Å². The van der Waals surface area contributed by atoms with Crippen molar-refractivity contribution in [2.75, 3.05) is 20.3 Å². The first-order valence-corrected chi connectivity index (χ1v) is 5.60. The van der Waals surface area contributed by atoms with Gasteiger partial charge in [0.25, 0.3) is 0 Å². The van der Waals surface area contributed by atoms with Gasteiger partial charge in [-0.25, -0.2) is 0 Å². The maximum absolute atomic E-state index is 10.7. The molecule has 0 aromatic heterocycles. The largest absolute Gasteiger partial charge is 0.457 e. The van der Waals surface area contributed by atoms with Gasteiger partial charge in [-0.2, -0.15) is 5.10 Å². The van der Waals surface area contributed by atoms with Crippen LogP contribution in [0.25, 0.3) is 0 Å². The molecule has 5 nitrogen and oxygen atoms in total. The van der Waals surface area contributed by atoms with Gasteiger partial charge in [0.15, 0.2) is 0 Å². The van der Waals surface area contributed by atoms with Crippen molar-refractivity contribution in [3.63, 3.8) is 0 Å². The number of nitrogens with zero attached hydrogens (tertiary/aromatic N) is 2. The van der Waals surface area contributed by atoms with E-state index in [9.17, 15) is 4.79 Å². The van der Waals surface area contributed by atoms with E-state index in [0.717, 1.165) is 19.4 Å². The number of hydrogen-bond donors (Lipinski definition) is 0. The molecule has 0 spiro atoms. The highest BCUT2D eigenvalue weighted by Crippen LogP contribution is 2.17. The highest BCUT2D eigenvalue weighted by molar-refractivity contribution is 5.71. The Morgan fingerprint density at radius 2 is 2.44 bits per heavy atom. The summed E-state index contributed by atoms with van der Waals surface area (Å²) >= 11 is 0. The minimum absolute atomic E-state index is 0.277. The lowest BCUT2D eigenvalue weighted by Gasteiger charge is -2.20. The minimum Gasteiger partial charge on any atom is -0.457 e. The quantitative estimate of drug-likeness (QED) is 0.521. The molecule has 5 heteroatoms. The van der Waals surface area contributed by atoms with Crippen LogP contribution >= 0.6 is 0 Å². The van der Waals surface area contributed by atoms with Gasteiger partial charge in [-0.15, -0.1) is 0 Å². The zero-order valence-corrected chi connectivity index (χ0v) is 10.2. The average molecular weight is 228 g/mol. The second-order valence-electron chi connectivity index (χ2n) is 3.99. The molecular formula is C11H20N2O3. The molecule has 1 aliphatic heterocycles. The summed E-state index contributed by atoms with van der Waals surface area (Å²) in [6.07, 6.45) is 3.62. The van der Waals surface area contributed by atoms with Crippen molar-refractivity contribution >= 4 is 12.2 Å². The van der Waals surface area contributed by atoms with E-state index in [2.05, 4.69) is 5.10 Å². The molecule has 0 N–H and O–H groups in total. The molecule has 0 radical (unpaired) electrons. The zero-order valence-electron chi connectivity index (χ0n) is 10.2. The molecule has 1 fully saturated rings. The van der Waals surface area contributed by atoms with Crippen LogP contribution in [-0.4, -0.2) is 49.6 Å². The maximum Gasteiger partial charge on any atom is 0.303 e. The van der Waals surface area contributed by atoms with E-state index in [1.54, 1.807) is 20.2 Å². The number of methoxy groups -OCH3 is 1. The van der Waals surface area contributed by atoms with E-state index in [-0.39, 0.29) is 12.1 Å². The predicted octanol–water partition coefficient (Wildman–Crippen LogP) is 1.03. The van der Waals surface area contributed by atoms with Gasteiger partial charge in [-0.1, -0.05) is 0 Å². The Morgan fingerprint density at radius 1 is 1.69 bits per heavy atom. The van der Waals surface area contributed by atoms with Crippen molar-refractivity contribution in [2.24, 2.45) is 5.10 Å². The summed E-state index contributed by atoms with van der Waals surface area (Å²) in [7, 11) is 1.70. The fourth-order valence-electron chi connectivity index (χ4n) is 1.81. The summed E-state index contributed by atoms with van der Waals surface area (Å²) in [5, 5.41) is 6.33. The lowest BCUT2D eigenvalue weighted by Crippen LogP contribution is -2.29. The van der Waals surface area contributed by atoms with Gasteiger partial charge in [0.05, 0.1) is 18.9 Å².